The van der Waals surface area contributed by atoms with Crippen LogP contribution in [0.4, 0.5) is 5.69 Å². The lowest BCUT2D eigenvalue weighted by Gasteiger charge is -2.39. The molecule has 2 aliphatic carbocycles. The van der Waals surface area contributed by atoms with Crippen LogP contribution in [0.15, 0.2) is 36.4 Å². The van der Waals surface area contributed by atoms with E-state index in [0.29, 0.717) is 13.0 Å². The topological polar surface area (TPSA) is 54.5 Å². The van der Waals surface area contributed by atoms with Gasteiger partial charge < -0.3 is 0 Å². The summed E-state index contributed by atoms with van der Waals surface area (Å²) in [7, 11) is -3.48. The van der Waals surface area contributed by atoms with Gasteiger partial charge in [0.1, 0.15) is 0 Å². The van der Waals surface area contributed by atoms with E-state index in [2.05, 4.69) is 12.1 Å². The summed E-state index contributed by atoms with van der Waals surface area (Å²) < 4.78 is 29.3. The van der Waals surface area contributed by atoms with E-state index in [0.717, 1.165) is 76.8 Å². The van der Waals surface area contributed by atoms with Crippen LogP contribution in [-0.4, -0.2) is 26.0 Å². The molecule has 0 radical (unpaired) electrons. The SMILES string of the molecule is Cc1ccc(C2=C3c4cc(C)cc(C)c4N(S(=O)(=O)C4CCCCC4)C[C@@H]3CC2=O)cc1. The maximum Gasteiger partial charge on any atom is 0.238 e. The molecule has 0 spiro atoms. The van der Waals surface area contributed by atoms with Gasteiger partial charge in [-0.3, -0.25) is 9.10 Å². The van der Waals surface area contributed by atoms with E-state index in [1.807, 2.05) is 45.0 Å². The van der Waals surface area contributed by atoms with Gasteiger partial charge in [-0.05, 0) is 56.4 Å². The van der Waals surface area contributed by atoms with Crippen LogP contribution in [0.2, 0.25) is 0 Å². The van der Waals surface area contributed by atoms with E-state index in [4.69, 9.17) is 0 Å². The Balaban J connectivity index is 1.71. The number of Topliss-reactive ketones (excluding diaryl/α,β-unsaturated/α-hetero) is 1. The Labute approximate surface area is 191 Å². The molecule has 2 aromatic rings. The molecule has 4 nitrogen and oxygen atoms in total. The number of fused-ring (bicyclic) bond motifs is 3. The Morgan fingerprint density at radius 2 is 1.59 bits per heavy atom. The van der Waals surface area contributed by atoms with Crippen molar-refractivity contribution in [2.24, 2.45) is 5.92 Å². The summed E-state index contributed by atoms with van der Waals surface area (Å²) in [6, 6.07) is 12.3. The molecule has 0 unspecified atom stereocenters. The van der Waals surface area contributed by atoms with Crippen LogP contribution in [0.1, 0.15) is 66.3 Å². The largest absolute Gasteiger partial charge is 0.294 e. The fraction of sp³-hybridized carbons (Fsp3) is 0.444. The van der Waals surface area contributed by atoms with Crippen molar-refractivity contribution in [2.45, 2.75) is 64.5 Å². The van der Waals surface area contributed by atoms with E-state index < -0.39 is 10.0 Å². The van der Waals surface area contributed by atoms with Crippen LogP contribution >= 0.6 is 0 Å². The van der Waals surface area contributed by atoms with Crippen LogP contribution < -0.4 is 4.31 Å². The van der Waals surface area contributed by atoms with Crippen LogP contribution in [0.5, 0.6) is 0 Å². The summed E-state index contributed by atoms with van der Waals surface area (Å²) in [5, 5.41) is -0.316. The molecular formula is C27H31NO3S. The van der Waals surface area contributed by atoms with Crippen LogP contribution in [0.25, 0.3) is 11.1 Å². The molecule has 1 fully saturated rings. The normalized spacial score (nSPS) is 21.7. The van der Waals surface area contributed by atoms with E-state index in [9.17, 15) is 13.2 Å². The molecular weight excluding hydrogens is 418 g/mol. The highest BCUT2D eigenvalue weighted by Crippen LogP contribution is 2.51. The van der Waals surface area contributed by atoms with Crippen molar-refractivity contribution >= 4 is 32.6 Å². The predicted octanol–water partition coefficient (Wildman–Crippen LogP) is 5.59. The number of nitrogens with zero attached hydrogens (tertiary/aromatic N) is 1. The van der Waals surface area contributed by atoms with Gasteiger partial charge in [-0.15, -0.1) is 0 Å². The maximum atomic E-state index is 13.8. The highest BCUT2D eigenvalue weighted by Gasteiger charge is 2.45. The minimum atomic E-state index is -3.48. The lowest BCUT2D eigenvalue weighted by molar-refractivity contribution is -0.113. The zero-order chi connectivity index (χ0) is 22.6. The zero-order valence-electron chi connectivity index (χ0n) is 19.1. The van der Waals surface area contributed by atoms with Crippen LogP contribution in [0, 0.1) is 26.7 Å². The molecule has 1 saturated carbocycles. The Kier molecular flexibility index (Phi) is 5.28. The van der Waals surface area contributed by atoms with Gasteiger partial charge in [0.05, 0.1) is 10.9 Å². The molecule has 2 aromatic carbocycles. The number of carbonyl (C=O) groups excluding carboxylic acids is 1. The molecule has 1 heterocycles. The van der Waals surface area contributed by atoms with Crippen molar-refractivity contribution < 1.29 is 13.2 Å². The standard InChI is InChI=1S/C27H31NO3S/c1-17-9-11-20(12-10-17)26-24(29)15-21-16-28(32(30,31)22-7-5-4-6-8-22)27-19(3)13-18(2)14-23(27)25(21)26/h9-14,21-22H,4-8,15-16H2,1-3H3/t21-/m0/s1. The summed E-state index contributed by atoms with van der Waals surface area (Å²) >= 11 is 0. The highest BCUT2D eigenvalue weighted by molar-refractivity contribution is 7.93. The van der Waals surface area contributed by atoms with Crippen molar-refractivity contribution in [3.63, 3.8) is 0 Å². The van der Waals surface area contributed by atoms with Crippen molar-refractivity contribution in [3.05, 3.63) is 64.2 Å². The number of carbonyl (C=O) groups is 1. The second-order valence-corrected chi connectivity index (χ2v) is 11.9. The third kappa shape index (κ3) is 3.42. The molecule has 0 N–H and O–H groups in total. The fourth-order valence-corrected chi connectivity index (χ4v) is 8.06. The monoisotopic (exact) mass is 449 g/mol. The predicted molar refractivity (Wildman–Crippen MR) is 130 cm³/mol. The Bertz CT molecular complexity index is 1220. The summed E-state index contributed by atoms with van der Waals surface area (Å²) in [5.41, 5.74) is 7.67. The quantitative estimate of drug-likeness (QED) is 0.613. The second-order valence-electron chi connectivity index (χ2n) is 9.79. The van der Waals surface area contributed by atoms with Crippen molar-refractivity contribution in [3.8, 4) is 0 Å². The fourth-order valence-electron chi connectivity index (χ4n) is 5.89. The lowest BCUT2D eigenvalue weighted by atomic mass is 9.85. The number of allylic oxidation sites excluding steroid dienone is 1. The van der Waals surface area contributed by atoms with Gasteiger partial charge in [0, 0.05) is 30.0 Å². The number of rotatable bonds is 3. The molecule has 5 heteroatoms. The summed E-state index contributed by atoms with van der Waals surface area (Å²) in [4.78, 5) is 13.2. The first kappa shape index (κ1) is 21.4. The molecule has 168 valence electrons. The first-order chi connectivity index (χ1) is 15.3. The van der Waals surface area contributed by atoms with Crippen molar-refractivity contribution in [2.75, 3.05) is 10.8 Å². The average Bonchev–Trinajstić information content (AvgIpc) is 3.10. The third-order valence-electron chi connectivity index (χ3n) is 7.38. The number of hydrogen-bond donors (Lipinski definition) is 0. The third-order valence-corrected chi connectivity index (χ3v) is 9.64. The molecule has 0 aromatic heterocycles. The average molecular weight is 450 g/mol. The van der Waals surface area contributed by atoms with Crippen LogP contribution in [0.3, 0.4) is 0 Å². The number of aryl methyl sites for hydroxylation is 3. The Morgan fingerprint density at radius 1 is 0.906 bits per heavy atom. The number of ketones is 1. The maximum absolute atomic E-state index is 13.8. The molecule has 0 bridgehead atoms. The summed E-state index contributed by atoms with van der Waals surface area (Å²) in [6.07, 6.45) is 4.91. The molecule has 32 heavy (non-hydrogen) atoms. The lowest BCUT2D eigenvalue weighted by Crippen LogP contribution is -2.45. The number of hydrogen-bond acceptors (Lipinski definition) is 3. The van der Waals surface area contributed by atoms with Gasteiger partial charge in [-0.2, -0.15) is 0 Å². The summed E-state index contributed by atoms with van der Waals surface area (Å²) in [5.74, 6) is 0.0294. The zero-order valence-corrected chi connectivity index (χ0v) is 20.0. The minimum absolute atomic E-state index is 0.0918. The molecule has 3 aliphatic rings. The molecule has 1 atom stereocenters. The molecule has 0 amide bonds. The van der Waals surface area contributed by atoms with Crippen molar-refractivity contribution in [1.82, 2.24) is 0 Å². The molecule has 0 saturated heterocycles. The van der Waals surface area contributed by atoms with E-state index in [1.54, 1.807) is 4.31 Å². The summed E-state index contributed by atoms with van der Waals surface area (Å²) in [6.45, 7) is 6.45. The Morgan fingerprint density at radius 3 is 2.28 bits per heavy atom. The van der Waals surface area contributed by atoms with Crippen LogP contribution in [-0.2, 0) is 14.8 Å². The van der Waals surface area contributed by atoms with Gasteiger partial charge in [0.25, 0.3) is 0 Å². The van der Waals surface area contributed by atoms with Gasteiger partial charge in [-0.1, -0.05) is 60.7 Å². The first-order valence-electron chi connectivity index (χ1n) is 11.7. The highest BCUT2D eigenvalue weighted by atomic mass is 32.2. The van der Waals surface area contributed by atoms with Gasteiger partial charge in [0.15, 0.2) is 5.78 Å². The van der Waals surface area contributed by atoms with E-state index in [1.165, 1.54) is 0 Å². The first-order valence-corrected chi connectivity index (χ1v) is 13.3. The smallest absolute Gasteiger partial charge is 0.238 e. The van der Waals surface area contributed by atoms with Gasteiger partial charge in [-0.25, -0.2) is 8.42 Å². The van der Waals surface area contributed by atoms with Gasteiger partial charge in [0.2, 0.25) is 10.0 Å². The van der Waals surface area contributed by atoms with Crippen molar-refractivity contribution in [1.29, 1.82) is 0 Å². The second kappa shape index (κ2) is 7.87. The number of anilines is 1. The number of benzene rings is 2. The number of sulfonamides is 1. The minimum Gasteiger partial charge on any atom is -0.294 e. The van der Waals surface area contributed by atoms with E-state index in [-0.39, 0.29) is 17.0 Å². The molecule has 1 aliphatic heterocycles. The van der Waals surface area contributed by atoms with E-state index >= 15 is 0 Å². The Hall–Kier alpha value is -2.40. The van der Waals surface area contributed by atoms with Gasteiger partial charge >= 0.3 is 0 Å². The molecule has 5 rings (SSSR count).